The Hall–Kier alpha value is -3.06. The predicted octanol–water partition coefficient (Wildman–Crippen LogP) is 4.51. The van der Waals surface area contributed by atoms with E-state index < -0.39 is 6.04 Å². The first-order chi connectivity index (χ1) is 14.5. The molecule has 1 unspecified atom stereocenters. The molecule has 1 aliphatic rings. The van der Waals surface area contributed by atoms with Crippen molar-refractivity contribution >= 4 is 39.4 Å². The SMILES string of the molecule is CC(=O)C(CCC=O)N1Cc2c(OCc3cc4c(F)cccc4s3)cccc2C1=O. The summed E-state index contributed by atoms with van der Waals surface area (Å²) in [5, 5.41) is 0.570. The number of amides is 1. The van der Waals surface area contributed by atoms with Crippen LogP contribution in [-0.4, -0.2) is 28.9 Å². The minimum absolute atomic E-state index is 0.146. The van der Waals surface area contributed by atoms with Crippen LogP contribution in [0.15, 0.2) is 42.5 Å². The van der Waals surface area contributed by atoms with Crippen LogP contribution < -0.4 is 4.74 Å². The van der Waals surface area contributed by atoms with Gasteiger partial charge in [0, 0.05) is 32.5 Å². The second kappa shape index (κ2) is 8.36. The van der Waals surface area contributed by atoms with E-state index in [1.54, 1.807) is 30.3 Å². The fraction of sp³-hybridized carbons (Fsp3) is 0.261. The maximum atomic E-state index is 13.9. The summed E-state index contributed by atoms with van der Waals surface area (Å²) in [5.74, 6) is -0.0698. The molecule has 30 heavy (non-hydrogen) atoms. The van der Waals surface area contributed by atoms with Crippen molar-refractivity contribution < 1.29 is 23.5 Å². The number of carbonyl (C=O) groups is 3. The van der Waals surface area contributed by atoms with E-state index in [2.05, 4.69) is 0 Å². The molecule has 2 heterocycles. The van der Waals surface area contributed by atoms with Crippen molar-refractivity contribution in [1.29, 1.82) is 0 Å². The number of halogens is 1. The second-order valence-corrected chi connectivity index (χ2v) is 8.41. The smallest absolute Gasteiger partial charge is 0.255 e. The summed E-state index contributed by atoms with van der Waals surface area (Å²) >= 11 is 1.46. The zero-order chi connectivity index (χ0) is 21.3. The lowest BCUT2D eigenvalue weighted by Gasteiger charge is -2.25. The van der Waals surface area contributed by atoms with E-state index in [-0.39, 0.29) is 37.1 Å². The largest absolute Gasteiger partial charge is 0.488 e. The Morgan fingerprint density at radius 3 is 2.83 bits per heavy atom. The van der Waals surface area contributed by atoms with Crippen LogP contribution >= 0.6 is 11.3 Å². The molecule has 1 aliphatic heterocycles. The number of ketones is 1. The lowest BCUT2D eigenvalue weighted by atomic mass is 10.1. The lowest BCUT2D eigenvalue weighted by Crippen LogP contribution is -2.40. The molecule has 1 atom stereocenters. The van der Waals surface area contributed by atoms with Crippen molar-refractivity contribution in [3.8, 4) is 5.75 Å². The molecule has 1 amide bonds. The van der Waals surface area contributed by atoms with E-state index in [1.807, 2.05) is 6.07 Å². The minimum atomic E-state index is -0.631. The van der Waals surface area contributed by atoms with Crippen LogP contribution in [0, 0.1) is 5.82 Å². The Morgan fingerprint density at radius 1 is 1.30 bits per heavy atom. The third kappa shape index (κ3) is 3.73. The molecule has 7 heteroatoms. The van der Waals surface area contributed by atoms with Crippen molar-refractivity contribution in [3.63, 3.8) is 0 Å². The molecule has 0 N–H and O–H groups in total. The number of Topliss-reactive ketones (excluding diaryl/α,β-unsaturated/α-hetero) is 1. The molecule has 3 aromatic rings. The zero-order valence-corrected chi connectivity index (χ0v) is 17.2. The maximum Gasteiger partial charge on any atom is 0.255 e. The van der Waals surface area contributed by atoms with Gasteiger partial charge in [0.2, 0.25) is 0 Å². The van der Waals surface area contributed by atoms with E-state index in [0.717, 1.165) is 21.4 Å². The van der Waals surface area contributed by atoms with Gasteiger partial charge in [-0.25, -0.2) is 4.39 Å². The number of rotatable bonds is 8. The van der Waals surface area contributed by atoms with Gasteiger partial charge in [0.15, 0.2) is 5.78 Å². The molecule has 5 nitrogen and oxygen atoms in total. The van der Waals surface area contributed by atoms with Crippen molar-refractivity contribution in [2.75, 3.05) is 0 Å². The van der Waals surface area contributed by atoms with Crippen LogP contribution in [0.5, 0.6) is 5.75 Å². The number of fused-ring (bicyclic) bond motifs is 2. The molecular weight excluding hydrogens is 405 g/mol. The highest BCUT2D eigenvalue weighted by molar-refractivity contribution is 7.19. The Bertz CT molecular complexity index is 1140. The van der Waals surface area contributed by atoms with Crippen LogP contribution in [-0.2, 0) is 22.7 Å². The number of hydrogen-bond acceptors (Lipinski definition) is 5. The molecule has 4 rings (SSSR count). The van der Waals surface area contributed by atoms with E-state index in [4.69, 9.17) is 4.74 Å². The van der Waals surface area contributed by atoms with E-state index in [0.29, 0.717) is 23.1 Å². The van der Waals surface area contributed by atoms with Gasteiger partial charge in [0.1, 0.15) is 24.5 Å². The van der Waals surface area contributed by atoms with Crippen LogP contribution in [0.2, 0.25) is 0 Å². The molecule has 0 spiro atoms. The standard InChI is InChI=1S/C23H20FNO4S/c1-14(27)20(7-4-10-26)25-12-18-16(23(25)28)5-2-8-21(18)29-13-15-11-17-19(24)6-3-9-22(17)30-15/h2-3,5-6,8-11,20H,4,7,12-13H2,1H3. The van der Waals surface area contributed by atoms with Gasteiger partial charge >= 0.3 is 0 Å². The van der Waals surface area contributed by atoms with Gasteiger partial charge in [-0.1, -0.05) is 12.1 Å². The molecule has 0 saturated carbocycles. The Balaban J connectivity index is 1.55. The van der Waals surface area contributed by atoms with Crippen LogP contribution in [0.25, 0.3) is 10.1 Å². The second-order valence-electron chi connectivity index (χ2n) is 7.24. The van der Waals surface area contributed by atoms with Gasteiger partial charge in [-0.15, -0.1) is 11.3 Å². The molecule has 0 bridgehead atoms. The van der Waals surface area contributed by atoms with E-state index in [1.165, 1.54) is 29.2 Å². The molecule has 2 aromatic carbocycles. The molecule has 154 valence electrons. The first-order valence-electron chi connectivity index (χ1n) is 9.66. The number of aldehydes is 1. The number of nitrogens with zero attached hydrogens (tertiary/aromatic N) is 1. The molecule has 1 aromatic heterocycles. The fourth-order valence-corrected chi connectivity index (χ4v) is 4.81. The summed E-state index contributed by atoms with van der Waals surface area (Å²) in [5.41, 5.74) is 1.24. The van der Waals surface area contributed by atoms with Gasteiger partial charge in [-0.2, -0.15) is 0 Å². The van der Waals surface area contributed by atoms with Crippen molar-refractivity contribution in [2.24, 2.45) is 0 Å². The summed E-state index contributed by atoms with van der Waals surface area (Å²) < 4.78 is 20.8. The maximum absolute atomic E-state index is 13.9. The third-order valence-electron chi connectivity index (χ3n) is 5.29. The first kappa shape index (κ1) is 20.2. The number of thiophene rings is 1. The monoisotopic (exact) mass is 425 g/mol. The number of benzene rings is 2. The topological polar surface area (TPSA) is 63.7 Å². The minimum Gasteiger partial charge on any atom is -0.488 e. The van der Waals surface area contributed by atoms with Gasteiger partial charge in [0.25, 0.3) is 5.91 Å². The van der Waals surface area contributed by atoms with Gasteiger partial charge in [-0.05, 0) is 43.7 Å². The summed E-state index contributed by atoms with van der Waals surface area (Å²) in [7, 11) is 0. The molecule has 0 radical (unpaired) electrons. The van der Waals surface area contributed by atoms with Crippen molar-refractivity contribution in [2.45, 2.75) is 39.0 Å². The normalized spacial score (nSPS) is 14.1. The fourth-order valence-electron chi connectivity index (χ4n) is 3.82. The van der Waals surface area contributed by atoms with Crippen LogP contribution in [0.3, 0.4) is 0 Å². The molecule has 0 saturated heterocycles. The lowest BCUT2D eigenvalue weighted by molar-refractivity contribution is -0.121. The van der Waals surface area contributed by atoms with Gasteiger partial charge < -0.3 is 14.4 Å². The number of ether oxygens (including phenoxy) is 1. The van der Waals surface area contributed by atoms with Crippen molar-refractivity contribution in [3.05, 3.63) is 64.3 Å². The Kier molecular flexibility index (Phi) is 5.63. The van der Waals surface area contributed by atoms with Gasteiger partial charge in [0.05, 0.1) is 12.6 Å². The number of hydrogen-bond donors (Lipinski definition) is 0. The average Bonchev–Trinajstić information content (AvgIpc) is 3.29. The molecular formula is C23H20FNO4S. The zero-order valence-electron chi connectivity index (χ0n) is 16.4. The molecule has 0 fully saturated rings. The average molecular weight is 425 g/mol. The van der Waals surface area contributed by atoms with E-state index in [9.17, 15) is 18.8 Å². The number of carbonyl (C=O) groups excluding carboxylic acids is 3. The summed E-state index contributed by atoms with van der Waals surface area (Å²) in [6.45, 7) is 1.95. The summed E-state index contributed by atoms with van der Waals surface area (Å²) in [6.07, 6.45) is 1.28. The van der Waals surface area contributed by atoms with E-state index >= 15 is 0 Å². The first-order valence-corrected chi connectivity index (χ1v) is 10.5. The van der Waals surface area contributed by atoms with Crippen LogP contribution in [0.1, 0.15) is 40.6 Å². The van der Waals surface area contributed by atoms with Crippen molar-refractivity contribution in [1.82, 2.24) is 4.90 Å². The Morgan fingerprint density at radius 2 is 2.10 bits per heavy atom. The predicted molar refractivity (Wildman–Crippen MR) is 112 cm³/mol. The summed E-state index contributed by atoms with van der Waals surface area (Å²) in [6, 6.07) is 11.4. The highest BCUT2D eigenvalue weighted by Crippen LogP contribution is 2.34. The third-order valence-corrected chi connectivity index (χ3v) is 6.36. The van der Waals surface area contributed by atoms with Crippen LogP contribution in [0.4, 0.5) is 4.39 Å². The quantitative estimate of drug-likeness (QED) is 0.498. The summed E-state index contributed by atoms with van der Waals surface area (Å²) in [4.78, 5) is 38.1. The Labute approximate surface area is 177 Å². The highest BCUT2D eigenvalue weighted by atomic mass is 32.1. The highest BCUT2D eigenvalue weighted by Gasteiger charge is 2.36. The molecule has 0 aliphatic carbocycles. The van der Waals surface area contributed by atoms with Gasteiger partial charge in [-0.3, -0.25) is 9.59 Å².